The van der Waals surface area contributed by atoms with Gasteiger partial charge in [-0.3, -0.25) is 16.5 Å². The molecule has 0 heterocycles. The summed E-state index contributed by atoms with van der Waals surface area (Å²) in [6, 6.07) is 0. The third kappa shape index (κ3) is 19.3. The topological polar surface area (TPSA) is 78.3 Å². The van der Waals surface area contributed by atoms with Crippen LogP contribution in [0.3, 0.4) is 0 Å². The summed E-state index contributed by atoms with van der Waals surface area (Å²) >= 11 is 0. The average molecular weight is 118 g/mol. The minimum atomic E-state index is -0.329. The molecule has 4 N–H and O–H groups in total. The van der Waals surface area contributed by atoms with E-state index < -0.39 is 0 Å². The lowest BCUT2D eigenvalue weighted by Crippen LogP contribution is -2.02. The molecule has 0 unspecified atom stereocenters. The molecule has 0 atom stereocenters. The molecule has 0 aliphatic heterocycles. The van der Waals surface area contributed by atoms with Crippen LogP contribution in [0, 0.1) is 0 Å². The molecule has 0 aromatic heterocycles. The highest BCUT2D eigenvalue weighted by atomic mass is 16.5. The van der Waals surface area contributed by atoms with Crippen LogP contribution in [0.25, 0.3) is 0 Å². The number of carbonyl (C=O) groups is 1. The molecule has 0 saturated carbocycles. The zero-order valence-corrected chi connectivity index (χ0v) is 4.76. The van der Waals surface area contributed by atoms with Crippen molar-refractivity contribution in [2.24, 2.45) is 11.7 Å². The van der Waals surface area contributed by atoms with Crippen molar-refractivity contribution in [2.75, 3.05) is 0 Å². The van der Waals surface area contributed by atoms with Crippen molar-refractivity contribution >= 4 is 5.97 Å². The quantitative estimate of drug-likeness (QED) is 0.211. The van der Waals surface area contributed by atoms with Crippen molar-refractivity contribution in [3.8, 4) is 0 Å². The maximum Gasteiger partial charge on any atom is 0.307 e. The maximum atomic E-state index is 9.75. The second-order valence-electron chi connectivity index (χ2n) is 0.776. The molecule has 0 amide bonds. The monoisotopic (exact) mass is 118 g/mol. The molecule has 0 bridgehead atoms. The number of ether oxygens (including phenoxy) is 1. The first kappa shape index (κ1) is 10.2. The first-order chi connectivity index (χ1) is 3.77. The molecule has 4 nitrogen and oxygen atoms in total. The second kappa shape index (κ2) is 9.46. The van der Waals surface area contributed by atoms with E-state index in [1.165, 1.54) is 6.92 Å². The van der Waals surface area contributed by atoms with Crippen LogP contribution in [0.4, 0.5) is 0 Å². The van der Waals surface area contributed by atoms with Gasteiger partial charge in [0, 0.05) is 6.92 Å². The summed E-state index contributed by atoms with van der Waals surface area (Å²) in [6.07, 6.45) is 1.10. The number of hydrogen-bond donors (Lipinski definition) is 2. The van der Waals surface area contributed by atoms with Crippen LogP contribution in [-0.2, 0) is 9.53 Å². The first-order valence-electron chi connectivity index (χ1n) is 1.89. The van der Waals surface area contributed by atoms with Gasteiger partial charge in [-0.1, -0.05) is 6.58 Å². The van der Waals surface area contributed by atoms with E-state index in [0.717, 1.165) is 6.26 Å². The van der Waals surface area contributed by atoms with Crippen LogP contribution in [0.15, 0.2) is 12.8 Å². The normalized spacial score (nSPS) is 5.88. The summed E-state index contributed by atoms with van der Waals surface area (Å²) in [6.45, 7) is 4.48. The number of hydrazine groups is 1. The number of esters is 1. The zero-order valence-electron chi connectivity index (χ0n) is 4.76. The fourth-order valence-electron chi connectivity index (χ4n) is 0.117. The van der Waals surface area contributed by atoms with Gasteiger partial charge in [-0.15, -0.1) is 0 Å². The molecule has 0 radical (unpaired) electrons. The minimum Gasteiger partial charge on any atom is -0.435 e. The Labute approximate surface area is 48.1 Å². The van der Waals surface area contributed by atoms with Gasteiger partial charge in [-0.2, -0.15) is 0 Å². The fraction of sp³-hybridized carbons (Fsp3) is 0.250. The number of nitrogens with two attached hydrogens (primary N) is 2. The van der Waals surface area contributed by atoms with Gasteiger partial charge < -0.3 is 4.74 Å². The van der Waals surface area contributed by atoms with Crippen molar-refractivity contribution in [1.29, 1.82) is 0 Å². The molecule has 0 aliphatic carbocycles. The molecule has 0 spiro atoms. The van der Waals surface area contributed by atoms with Gasteiger partial charge in [0.1, 0.15) is 0 Å². The summed E-state index contributed by atoms with van der Waals surface area (Å²) in [7, 11) is 0. The van der Waals surface area contributed by atoms with Gasteiger partial charge in [0.15, 0.2) is 0 Å². The van der Waals surface area contributed by atoms with Crippen LogP contribution in [0.5, 0.6) is 0 Å². The van der Waals surface area contributed by atoms with E-state index in [9.17, 15) is 4.79 Å². The zero-order chi connectivity index (χ0) is 6.99. The highest BCUT2D eigenvalue weighted by Gasteiger charge is 1.79. The van der Waals surface area contributed by atoms with E-state index in [1.807, 2.05) is 0 Å². The van der Waals surface area contributed by atoms with Crippen LogP contribution in [0.2, 0.25) is 0 Å². The lowest BCUT2D eigenvalue weighted by atomic mass is 10.8. The Morgan fingerprint density at radius 3 is 2.12 bits per heavy atom. The fourth-order valence-corrected chi connectivity index (χ4v) is 0.117. The Kier molecular flexibility index (Phi) is 12.0. The van der Waals surface area contributed by atoms with Crippen LogP contribution < -0.4 is 11.7 Å². The molecule has 0 aromatic rings. The molecular formula is C4H10N2O2. The Morgan fingerprint density at radius 2 is 2.12 bits per heavy atom. The SMILES string of the molecule is C=COC(C)=O.NN. The lowest BCUT2D eigenvalue weighted by Gasteiger charge is -1.83. The van der Waals surface area contributed by atoms with Crippen molar-refractivity contribution in [3.63, 3.8) is 0 Å². The Morgan fingerprint density at radius 1 is 1.75 bits per heavy atom. The Hall–Kier alpha value is -0.870. The third-order valence-electron chi connectivity index (χ3n) is 0.249. The standard InChI is InChI=1S/C4H6O2.H4N2/c1-3-6-4(2)5;1-2/h3H,1H2,2H3;1-2H2. The van der Waals surface area contributed by atoms with E-state index >= 15 is 0 Å². The van der Waals surface area contributed by atoms with Crippen molar-refractivity contribution in [3.05, 3.63) is 12.8 Å². The van der Waals surface area contributed by atoms with E-state index in [0.29, 0.717) is 0 Å². The summed E-state index contributed by atoms with van der Waals surface area (Å²) in [5.74, 6) is 7.67. The summed E-state index contributed by atoms with van der Waals surface area (Å²) in [5, 5.41) is 0. The molecule has 8 heavy (non-hydrogen) atoms. The molecule has 0 fully saturated rings. The molecule has 0 aliphatic rings. The first-order valence-corrected chi connectivity index (χ1v) is 1.89. The molecule has 0 aromatic carbocycles. The van der Waals surface area contributed by atoms with E-state index in [2.05, 4.69) is 23.0 Å². The summed E-state index contributed by atoms with van der Waals surface area (Å²) < 4.78 is 4.17. The van der Waals surface area contributed by atoms with Gasteiger partial charge in [-0.25, -0.2) is 0 Å². The van der Waals surface area contributed by atoms with Crippen molar-refractivity contribution in [2.45, 2.75) is 6.92 Å². The predicted octanol–water partition coefficient (Wildman–Crippen LogP) is -0.488. The Bertz CT molecular complexity index is 72.4. The third-order valence-corrected chi connectivity index (χ3v) is 0.249. The lowest BCUT2D eigenvalue weighted by molar-refractivity contribution is -0.135. The molecule has 0 saturated heterocycles. The Balaban J connectivity index is 0. The largest absolute Gasteiger partial charge is 0.435 e. The predicted molar refractivity (Wildman–Crippen MR) is 30.3 cm³/mol. The van der Waals surface area contributed by atoms with E-state index in [1.54, 1.807) is 0 Å². The van der Waals surface area contributed by atoms with Gasteiger partial charge in [-0.05, 0) is 0 Å². The van der Waals surface area contributed by atoms with Crippen molar-refractivity contribution in [1.82, 2.24) is 0 Å². The molecule has 4 heteroatoms. The second-order valence-corrected chi connectivity index (χ2v) is 0.776. The molecule has 0 rings (SSSR count). The number of carbonyl (C=O) groups excluding carboxylic acids is 1. The van der Waals surface area contributed by atoms with Crippen LogP contribution >= 0.6 is 0 Å². The summed E-state index contributed by atoms with van der Waals surface area (Å²) in [4.78, 5) is 9.75. The molecular weight excluding hydrogens is 108 g/mol. The minimum absolute atomic E-state index is 0.329. The molecule has 48 valence electrons. The van der Waals surface area contributed by atoms with Gasteiger partial charge in [0.2, 0.25) is 0 Å². The van der Waals surface area contributed by atoms with Crippen molar-refractivity contribution < 1.29 is 9.53 Å². The average Bonchev–Trinajstić information content (AvgIpc) is 1.72. The number of hydrogen-bond acceptors (Lipinski definition) is 4. The van der Waals surface area contributed by atoms with Crippen LogP contribution in [-0.4, -0.2) is 5.97 Å². The van der Waals surface area contributed by atoms with Gasteiger partial charge in [0.05, 0.1) is 6.26 Å². The number of rotatable bonds is 1. The van der Waals surface area contributed by atoms with Gasteiger partial charge >= 0.3 is 5.97 Å². The highest BCUT2D eigenvalue weighted by molar-refractivity contribution is 5.66. The summed E-state index contributed by atoms with van der Waals surface area (Å²) in [5.41, 5.74) is 0. The van der Waals surface area contributed by atoms with E-state index in [-0.39, 0.29) is 5.97 Å². The van der Waals surface area contributed by atoms with E-state index in [4.69, 9.17) is 0 Å². The smallest absolute Gasteiger partial charge is 0.307 e. The van der Waals surface area contributed by atoms with Crippen LogP contribution in [0.1, 0.15) is 6.92 Å². The highest BCUT2D eigenvalue weighted by Crippen LogP contribution is 1.70. The maximum absolute atomic E-state index is 9.75. The van der Waals surface area contributed by atoms with Gasteiger partial charge in [0.25, 0.3) is 0 Å².